The highest BCUT2D eigenvalue weighted by Gasteiger charge is 2.29. The average Bonchev–Trinajstić information content (AvgIpc) is 2.91. The fraction of sp³-hybridized carbons (Fsp3) is 0.167. The van der Waals surface area contributed by atoms with Gasteiger partial charge in [0.05, 0.1) is 28.8 Å². The number of carbonyl (C=O) groups excluding carboxylic acids is 1. The SMILES string of the molecule is COc1ccc(N(CC(=O)N[C@@H](c2ccccc2)c2ccccc2C)S(=O)(=O)c2ccc(C)cc2)cc1Cl. The highest BCUT2D eigenvalue weighted by Crippen LogP contribution is 2.32. The van der Waals surface area contributed by atoms with Crippen LogP contribution in [0.4, 0.5) is 5.69 Å². The fourth-order valence-electron chi connectivity index (χ4n) is 4.20. The van der Waals surface area contributed by atoms with Gasteiger partial charge >= 0.3 is 0 Å². The van der Waals surface area contributed by atoms with Crippen molar-refractivity contribution in [1.82, 2.24) is 5.32 Å². The van der Waals surface area contributed by atoms with Crippen LogP contribution in [0.25, 0.3) is 0 Å². The van der Waals surface area contributed by atoms with Gasteiger partial charge in [0.1, 0.15) is 12.3 Å². The number of amides is 1. The van der Waals surface area contributed by atoms with Gasteiger partial charge in [0.2, 0.25) is 5.91 Å². The van der Waals surface area contributed by atoms with Gasteiger partial charge in [0.25, 0.3) is 10.0 Å². The molecule has 0 spiro atoms. The maximum atomic E-state index is 13.8. The van der Waals surface area contributed by atoms with Crippen LogP contribution in [0.5, 0.6) is 5.75 Å². The van der Waals surface area contributed by atoms with E-state index in [2.05, 4.69) is 5.32 Å². The molecule has 0 aromatic heterocycles. The molecule has 4 rings (SSSR count). The molecular formula is C30H29ClN2O4S. The number of anilines is 1. The van der Waals surface area contributed by atoms with Gasteiger partial charge in [0.15, 0.2) is 0 Å². The molecule has 38 heavy (non-hydrogen) atoms. The molecule has 0 radical (unpaired) electrons. The molecule has 0 bridgehead atoms. The lowest BCUT2D eigenvalue weighted by Crippen LogP contribution is -2.42. The number of halogens is 1. The largest absolute Gasteiger partial charge is 0.495 e. The molecule has 0 aliphatic heterocycles. The Bertz CT molecular complexity index is 1520. The molecule has 0 saturated carbocycles. The maximum Gasteiger partial charge on any atom is 0.264 e. The predicted octanol–water partition coefficient (Wildman–Crippen LogP) is 6.07. The number of rotatable bonds is 9. The Hall–Kier alpha value is -3.81. The third kappa shape index (κ3) is 6.01. The highest BCUT2D eigenvalue weighted by atomic mass is 35.5. The van der Waals surface area contributed by atoms with E-state index in [-0.39, 0.29) is 15.6 Å². The Labute approximate surface area is 228 Å². The molecule has 1 atom stereocenters. The Balaban J connectivity index is 1.72. The van der Waals surface area contributed by atoms with Crippen LogP contribution in [0.15, 0.2) is 102 Å². The topological polar surface area (TPSA) is 75.7 Å². The van der Waals surface area contributed by atoms with Gasteiger partial charge < -0.3 is 10.1 Å². The maximum absolute atomic E-state index is 13.8. The van der Waals surface area contributed by atoms with Crippen molar-refractivity contribution in [2.45, 2.75) is 24.8 Å². The summed E-state index contributed by atoms with van der Waals surface area (Å²) in [6.07, 6.45) is 0. The molecule has 0 saturated heterocycles. The molecule has 6 nitrogen and oxygen atoms in total. The van der Waals surface area contributed by atoms with Crippen molar-refractivity contribution < 1.29 is 17.9 Å². The van der Waals surface area contributed by atoms with Gasteiger partial charge in [-0.05, 0) is 60.9 Å². The molecule has 0 unspecified atom stereocenters. The monoisotopic (exact) mass is 548 g/mol. The first-order valence-corrected chi connectivity index (χ1v) is 13.9. The van der Waals surface area contributed by atoms with Crippen LogP contribution >= 0.6 is 11.6 Å². The Morgan fingerprint density at radius 2 is 1.58 bits per heavy atom. The number of sulfonamides is 1. The molecular weight excluding hydrogens is 520 g/mol. The molecule has 0 aliphatic carbocycles. The molecule has 8 heteroatoms. The zero-order valence-corrected chi connectivity index (χ0v) is 23.0. The minimum absolute atomic E-state index is 0.0707. The van der Waals surface area contributed by atoms with E-state index < -0.39 is 28.5 Å². The van der Waals surface area contributed by atoms with Crippen LogP contribution in [-0.2, 0) is 14.8 Å². The van der Waals surface area contributed by atoms with E-state index in [0.29, 0.717) is 5.75 Å². The lowest BCUT2D eigenvalue weighted by atomic mass is 9.95. The van der Waals surface area contributed by atoms with Crippen molar-refractivity contribution in [2.75, 3.05) is 18.0 Å². The number of nitrogens with zero attached hydrogens (tertiary/aromatic N) is 1. The summed E-state index contributed by atoms with van der Waals surface area (Å²) >= 11 is 6.34. The number of hydrogen-bond acceptors (Lipinski definition) is 4. The Kier molecular flexibility index (Phi) is 8.39. The number of carbonyl (C=O) groups is 1. The molecule has 0 aliphatic rings. The van der Waals surface area contributed by atoms with Crippen molar-refractivity contribution >= 4 is 33.2 Å². The first kappa shape index (κ1) is 27.2. The van der Waals surface area contributed by atoms with Gasteiger partial charge in [-0.1, -0.05) is 83.9 Å². The summed E-state index contributed by atoms with van der Waals surface area (Å²) in [6.45, 7) is 3.40. The average molecular weight is 549 g/mol. The van der Waals surface area contributed by atoms with Crippen LogP contribution in [0.1, 0.15) is 28.3 Å². The molecule has 4 aromatic rings. The lowest BCUT2D eigenvalue weighted by Gasteiger charge is -2.27. The summed E-state index contributed by atoms with van der Waals surface area (Å²) < 4.78 is 33.9. The second-order valence-electron chi connectivity index (χ2n) is 8.91. The third-order valence-corrected chi connectivity index (χ3v) is 8.34. The zero-order valence-electron chi connectivity index (χ0n) is 21.4. The number of hydrogen-bond donors (Lipinski definition) is 1. The van der Waals surface area contributed by atoms with E-state index in [1.54, 1.807) is 24.3 Å². The second-order valence-corrected chi connectivity index (χ2v) is 11.2. The van der Waals surface area contributed by atoms with Crippen LogP contribution in [-0.4, -0.2) is 28.0 Å². The molecule has 4 aromatic carbocycles. The summed E-state index contributed by atoms with van der Waals surface area (Å²) in [6, 6.07) is 28.0. The molecule has 0 fully saturated rings. The number of benzene rings is 4. The van der Waals surface area contributed by atoms with Crippen LogP contribution in [0.3, 0.4) is 0 Å². The minimum atomic E-state index is -4.10. The summed E-state index contributed by atoms with van der Waals surface area (Å²) in [7, 11) is -2.63. The van der Waals surface area contributed by atoms with E-state index in [4.69, 9.17) is 16.3 Å². The predicted molar refractivity (Wildman–Crippen MR) is 151 cm³/mol. The number of aryl methyl sites for hydroxylation is 2. The first-order chi connectivity index (χ1) is 18.2. The quantitative estimate of drug-likeness (QED) is 0.275. The zero-order chi connectivity index (χ0) is 27.3. The van der Waals surface area contributed by atoms with E-state index in [9.17, 15) is 13.2 Å². The molecule has 1 N–H and O–H groups in total. The van der Waals surface area contributed by atoms with Gasteiger partial charge in [-0.25, -0.2) is 8.42 Å². The first-order valence-electron chi connectivity index (χ1n) is 12.0. The van der Waals surface area contributed by atoms with E-state index in [0.717, 1.165) is 26.6 Å². The normalized spacial score (nSPS) is 12.0. The van der Waals surface area contributed by atoms with Gasteiger partial charge in [0, 0.05) is 0 Å². The van der Waals surface area contributed by atoms with Gasteiger partial charge in [-0.15, -0.1) is 0 Å². The van der Waals surface area contributed by atoms with Crippen molar-refractivity contribution in [3.05, 3.63) is 124 Å². The molecule has 1 amide bonds. The standard InChI is InChI=1S/C30H29ClN2O4S/c1-21-13-16-25(17-14-21)38(35,36)33(24-15-18-28(37-3)27(31)19-24)20-29(34)32-30(23-10-5-4-6-11-23)26-12-8-7-9-22(26)2/h4-19,30H,20H2,1-3H3,(H,32,34)/t30-/m0/s1. The van der Waals surface area contributed by atoms with Crippen molar-refractivity contribution in [1.29, 1.82) is 0 Å². The second kappa shape index (κ2) is 11.7. The lowest BCUT2D eigenvalue weighted by molar-refractivity contribution is -0.120. The number of nitrogens with one attached hydrogen (secondary N) is 1. The summed E-state index contributed by atoms with van der Waals surface area (Å²) in [4.78, 5) is 13.6. The Morgan fingerprint density at radius 3 is 2.21 bits per heavy atom. The van der Waals surface area contributed by atoms with Crippen LogP contribution in [0.2, 0.25) is 5.02 Å². The molecule has 196 valence electrons. The Morgan fingerprint density at radius 1 is 0.921 bits per heavy atom. The minimum Gasteiger partial charge on any atom is -0.495 e. The fourth-order valence-corrected chi connectivity index (χ4v) is 5.86. The third-order valence-electron chi connectivity index (χ3n) is 6.26. The van der Waals surface area contributed by atoms with Crippen molar-refractivity contribution in [2.24, 2.45) is 0 Å². The number of methoxy groups -OCH3 is 1. The van der Waals surface area contributed by atoms with E-state index in [1.807, 2.05) is 68.4 Å². The van der Waals surface area contributed by atoms with Gasteiger partial charge in [-0.2, -0.15) is 0 Å². The van der Waals surface area contributed by atoms with Crippen LogP contribution < -0.4 is 14.4 Å². The number of ether oxygens (including phenoxy) is 1. The van der Waals surface area contributed by atoms with E-state index in [1.165, 1.54) is 25.3 Å². The van der Waals surface area contributed by atoms with Gasteiger partial charge in [-0.3, -0.25) is 9.10 Å². The summed E-state index contributed by atoms with van der Waals surface area (Å²) in [5, 5.41) is 3.29. The van der Waals surface area contributed by atoms with E-state index >= 15 is 0 Å². The highest BCUT2D eigenvalue weighted by molar-refractivity contribution is 7.92. The smallest absolute Gasteiger partial charge is 0.264 e. The van der Waals surface area contributed by atoms with Crippen LogP contribution in [0, 0.1) is 13.8 Å². The molecule has 0 heterocycles. The van der Waals surface area contributed by atoms with Crippen molar-refractivity contribution in [3.8, 4) is 5.75 Å². The summed E-state index contributed by atoms with van der Waals surface area (Å²) in [5.74, 6) is -0.0685. The summed E-state index contributed by atoms with van der Waals surface area (Å²) in [5.41, 5.74) is 3.99. The van der Waals surface area contributed by atoms with Crippen molar-refractivity contribution in [3.63, 3.8) is 0 Å².